The third-order valence-electron chi connectivity index (χ3n) is 5.97. The minimum Gasteiger partial charge on any atom is -0.369 e. The maximum atomic E-state index is 12.6. The molecule has 3 amide bonds. The zero-order valence-electron chi connectivity index (χ0n) is 17.3. The molecule has 0 aliphatic carbocycles. The van der Waals surface area contributed by atoms with Gasteiger partial charge in [0.1, 0.15) is 0 Å². The Balaban J connectivity index is 1.31. The molecule has 0 radical (unpaired) electrons. The van der Waals surface area contributed by atoms with E-state index in [1.165, 1.54) is 18.8 Å². The van der Waals surface area contributed by atoms with E-state index in [4.69, 9.17) is 0 Å². The molecule has 2 aromatic rings. The predicted molar refractivity (Wildman–Crippen MR) is 115 cm³/mol. The lowest BCUT2D eigenvalue weighted by molar-refractivity contribution is 0.0693. The second-order valence-electron chi connectivity index (χ2n) is 7.85. The highest BCUT2D eigenvalue weighted by atomic mass is 16.2. The summed E-state index contributed by atoms with van der Waals surface area (Å²) < 4.78 is 0. The van der Waals surface area contributed by atoms with Gasteiger partial charge in [-0.05, 0) is 37.3 Å². The number of piperazine rings is 1. The number of rotatable bonds is 5. The van der Waals surface area contributed by atoms with Crippen LogP contribution in [0.4, 0.5) is 5.69 Å². The summed E-state index contributed by atoms with van der Waals surface area (Å²) in [5.41, 5.74) is 2.28. The summed E-state index contributed by atoms with van der Waals surface area (Å²) in [4.78, 5) is 42.5. The molecular weight excluding hydrogens is 380 g/mol. The van der Waals surface area contributed by atoms with E-state index < -0.39 is 0 Å². The van der Waals surface area contributed by atoms with Gasteiger partial charge in [-0.25, -0.2) is 0 Å². The first-order chi connectivity index (χ1) is 14.5. The number of hydrogen-bond acceptors (Lipinski definition) is 5. The summed E-state index contributed by atoms with van der Waals surface area (Å²) in [5, 5.41) is 2.96. The first kappa shape index (κ1) is 20.1. The third-order valence-corrected chi connectivity index (χ3v) is 5.97. The van der Waals surface area contributed by atoms with Crippen molar-refractivity contribution in [3.8, 4) is 0 Å². The Hall–Kier alpha value is -3.19. The van der Waals surface area contributed by atoms with Crippen LogP contribution in [0.1, 0.15) is 38.0 Å². The Morgan fingerprint density at radius 3 is 2.33 bits per heavy atom. The molecule has 4 rings (SSSR count). The number of carbonyl (C=O) groups excluding carboxylic acids is 3. The molecule has 1 N–H and O–H groups in total. The normalized spacial score (nSPS) is 17.8. The number of hydrogen-bond donors (Lipinski definition) is 1. The van der Waals surface area contributed by atoms with Gasteiger partial charge < -0.3 is 10.2 Å². The lowest BCUT2D eigenvalue weighted by Gasteiger charge is -2.39. The van der Waals surface area contributed by atoms with Crippen LogP contribution >= 0.6 is 0 Å². The van der Waals surface area contributed by atoms with E-state index in [0.29, 0.717) is 23.2 Å². The maximum absolute atomic E-state index is 12.6. The largest absolute Gasteiger partial charge is 0.369 e. The Kier molecular flexibility index (Phi) is 5.55. The predicted octanol–water partition coefficient (Wildman–Crippen LogP) is 1.85. The molecule has 2 heterocycles. The molecule has 0 spiro atoms. The molecule has 1 fully saturated rings. The second-order valence-corrected chi connectivity index (χ2v) is 7.85. The first-order valence-corrected chi connectivity index (χ1v) is 10.2. The fourth-order valence-corrected chi connectivity index (χ4v) is 4.03. The molecule has 2 aliphatic heterocycles. The molecule has 156 valence electrons. The van der Waals surface area contributed by atoms with Gasteiger partial charge in [-0.3, -0.25) is 24.2 Å². The van der Waals surface area contributed by atoms with E-state index in [0.717, 1.165) is 31.1 Å². The third kappa shape index (κ3) is 3.80. The van der Waals surface area contributed by atoms with E-state index in [1.54, 1.807) is 12.1 Å². The Labute approximate surface area is 176 Å². The standard InChI is InChI=1S/C23H26N4O3/c1-16(26-10-12-27(13-11-26)18-6-4-3-5-7-18)15-24-21(28)17-8-9-19-20(14-17)23(30)25(2)22(19)29/h3-9,14,16H,10-13,15H2,1-2H3,(H,24,28). The van der Waals surface area contributed by atoms with E-state index in [-0.39, 0.29) is 23.8 Å². The highest BCUT2D eigenvalue weighted by Gasteiger charge is 2.33. The zero-order chi connectivity index (χ0) is 21.3. The zero-order valence-corrected chi connectivity index (χ0v) is 17.3. The fourth-order valence-electron chi connectivity index (χ4n) is 4.03. The molecule has 0 saturated carbocycles. The van der Waals surface area contributed by atoms with Gasteiger partial charge in [0.25, 0.3) is 17.7 Å². The SMILES string of the molecule is CC(CNC(=O)c1ccc2c(c1)C(=O)N(C)C2=O)N1CCN(c2ccccc2)CC1. The molecule has 7 heteroatoms. The van der Waals surface area contributed by atoms with Crippen LogP contribution < -0.4 is 10.2 Å². The highest BCUT2D eigenvalue weighted by Crippen LogP contribution is 2.22. The Morgan fingerprint density at radius 1 is 0.967 bits per heavy atom. The van der Waals surface area contributed by atoms with Gasteiger partial charge in [0.05, 0.1) is 11.1 Å². The van der Waals surface area contributed by atoms with Gasteiger partial charge in [0, 0.05) is 57.1 Å². The van der Waals surface area contributed by atoms with Crippen LogP contribution in [-0.4, -0.2) is 73.3 Å². The van der Waals surface area contributed by atoms with Crippen LogP contribution in [0.3, 0.4) is 0 Å². The summed E-state index contributed by atoms with van der Waals surface area (Å²) in [6.07, 6.45) is 0. The van der Waals surface area contributed by atoms with E-state index >= 15 is 0 Å². The molecule has 2 aliphatic rings. The molecule has 0 aromatic heterocycles. The van der Waals surface area contributed by atoms with Crippen LogP contribution in [-0.2, 0) is 0 Å². The average Bonchev–Trinajstić information content (AvgIpc) is 3.01. The number of imide groups is 1. The van der Waals surface area contributed by atoms with Gasteiger partial charge in [-0.1, -0.05) is 18.2 Å². The quantitative estimate of drug-likeness (QED) is 0.768. The van der Waals surface area contributed by atoms with Crippen molar-refractivity contribution >= 4 is 23.4 Å². The Bertz CT molecular complexity index is 968. The minimum atomic E-state index is -0.366. The molecule has 0 bridgehead atoms. The summed E-state index contributed by atoms with van der Waals surface area (Å²) in [6.45, 7) is 6.42. The highest BCUT2D eigenvalue weighted by molar-refractivity contribution is 6.21. The molecule has 1 unspecified atom stereocenters. The summed E-state index contributed by atoms with van der Waals surface area (Å²) in [6, 6.07) is 15.3. The fraction of sp³-hybridized carbons (Fsp3) is 0.348. The number of anilines is 1. The van der Waals surface area contributed by atoms with E-state index in [1.807, 2.05) is 6.07 Å². The van der Waals surface area contributed by atoms with Crippen LogP contribution in [0.2, 0.25) is 0 Å². The van der Waals surface area contributed by atoms with Crippen LogP contribution in [0.25, 0.3) is 0 Å². The first-order valence-electron chi connectivity index (χ1n) is 10.2. The number of amides is 3. The number of fused-ring (bicyclic) bond motifs is 1. The van der Waals surface area contributed by atoms with Crippen molar-refractivity contribution in [2.45, 2.75) is 13.0 Å². The van der Waals surface area contributed by atoms with Crippen molar-refractivity contribution < 1.29 is 14.4 Å². The summed E-state index contributed by atoms with van der Waals surface area (Å²) in [5.74, 6) is -0.929. The molecule has 1 saturated heterocycles. The van der Waals surface area contributed by atoms with Crippen LogP contribution in [0.15, 0.2) is 48.5 Å². The van der Waals surface area contributed by atoms with Gasteiger partial charge in [0.15, 0.2) is 0 Å². The van der Waals surface area contributed by atoms with Crippen molar-refractivity contribution in [2.24, 2.45) is 0 Å². The van der Waals surface area contributed by atoms with Gasteiger partial charge in [0.2, 0.25) is 0 Å². The van der Waals surface area contributed by atoms with Crippen LogP contribution in [0, 0.1) is 0 Å². The smallest absolute Gasteiger partial charge is 0.261 e. The summed E-state index contributed by atoms with van der Waals surface area (Å²) >= 11 is 0. The average molecular weight is 406 g/mol. The van der Waals surface area contributed by atoms with Crippen molar-refractivity contribution in [3.63, 3.8) is 0 Å². The topological polar surface area (TPSA) is 73.0 Å². The lowest BCUT2D eigenvalue weighted by Crippen LogP contribution is -2.52. The lowest BCUT2D eigenvalue weighted by atomic mass is 10.1. The number of para-hydroxylation sites is 1. The molecule has 30 heavy (non-hydrogen) atoms. The molecule has 1 atom stereocenters. The summed E-state index contributed by atoms with van der Waals surface area (Å²) in [7, 11) is 1.45. The van der Waals surface area contributed by atoms with Gasteiger partial charge >= 0.3 is 0 Å². The van der Waals surface area contributed by atoms with E-state index in [9.17, 15) is 14.4 Å². The van der Waals surface area contributed by atoms with Crippen molar-refractivity contribution in [1.82, 2.24) is 15.1 Å². The number of nitrogens with zero attached hydrogens (tertiary/aromatic N) is 3. The van der Waals surface area contributed by atoms with Crippen molar-refractivity contribution in [3.05, 3.63) is 65.2 Å². The number of nitrogens with one attached hydrogen (secondary N) is 1. The number of carbonyl (C=O) groups is 3. The molecular formula is C23H26N4O3. The number of benzene rings is 2. The van der Waals surface area contributed by atoms with Gasteiger partial charge in [-0.15, -0.1) is 0 Å². The Morgan fingerprint density at radius 2 is 1.63 bits per heavy atom. The van der Waals surface area contributed by atoms with E-state index in [2.05, 4.69) is 46.3 Å². The molecule has 7 nitrogen and oxygen atoms in total. The van der Waals surface area contributed by atoms with Crippen LogP contribution in [0.5, 0.6) is 0 Å². The van der Waals surface area contributed by atoms with Gasteiger partial charge in [-0.2, -0.15) is 0 Å². The monoisotopic (exact) mass is 406 g/mol. The van der Waals surface area contributed by atoms with Crippen molar-refractivity contribution in [1.29, 1.82) is 0 Å². The molecule has 2 aromatic carbocycles. The second kappa shape index (κ2) is 8.28. The maximum Gasteiger partial charge on any atom is 0.261 e. The van der Waals surface area contributed by atoms with Crippen molar-refractivity contribution in [2.75, 3.05) is 44.7 Å². The minimum absolute atomic E-state index is 0.204.